The molecule has 6 nitrogen and oxygen atoms in total. The largest absolute Gasteiger partial charge is 0.340 e. The van der Waals surface area contributed by atoms with Crippen molar-refractivity contribution in [3.8, 4) is 11.4 Å². The summed E-state index contributed by atoms with van der Waals surface area (Å²) < 4.78 is 0. The van der Waals surface area contributed by atoms with Gasteiger partial charge in [-0.05, 0) is 42.5 Å². The van der Waals surface area contributed by atoms with Crippen LogP contribution >= 0.6 is 0 Å². The van der Waals surface area contributed by atoms with Crippen LogP contribution in [0.3, 0.4) is 0 Å². The van der Waals surface area contributed by atoms with Crippen LogP contribution in [-0.2, 0) is 0 Å². The Bertz CT molecular complexity index is 1250. The van der Waals surface area contributed by atoms with E-state index in [0.717, 1.165) is 38.9 Å². The van der Waals surface area contributed by atoms with Crippen LogP contribution in [0, 0.1) is 0 Å². The maximum atomic E-state index is 4.77. The summed E-state index contributed by atoms with van der Waals surface area (Å²) in [6.45, 7) is 0. The lowest BCUT2D eigenvalue weighted by atomic mass is 10.2. The predicted octanol–water partition coefficient (Wildman–Crippen LogP) is 4.38. The van der Waals surface area contributed by atoms with E-state index in [1.54, 1.807) is 24.9 Å². The number of nitrogens with zero attached hydrogens (tertiary/aromatic N) is 5. The lowest BCUT2D eigenvalue weighted by Gasteiger charge is -2.11. The van der Waals surface area contributed by atoms with Gasteiger partial charge in [0, 0.05) is 40.6 Å². The third-order valence-electron chi connectivity index (χ3n) is 4.31. The molecule has 0 spiro atoms. The first kappa shape index (κ1) is 15.3. The van der Waals surface area contributed by atoms with Crippen molar-refractivity contribution in [3.63, 3.8) is 0 Å². The highest BCUT2D eigenvalue weighted by atomic mass is 15.0. The third kappa shape index (κ3) is 2.93. The number of hydrogen-bond acceptors (Lipinski definition) is 6. The Morgan fingerprint density at radius 2 is 1.67 bits per heavy atom. The first-order chi connectivity index (χ1) is 13.4. The SMILES string of the molecule is c1ccc2c(Nc3ccc4ncncc4c3)nc(-c3ccncc3)nc2c1. The second kappa shape index (κ2) is 6.42. The first-order valence-corrected chi connectivity index (χ1v) is 8.51. The van der Waals surface area contributed by atoms with Gasteiger partial charge in [-0.25, -0.2) is 19.9 Å². The summed E-state index contributed by atoms with van der Waals surface area (Å²) in [5.41, 5.74) is 3.62. The van der Waals surface area contributed by atoms with E-state index < -0.39 is 0 Å². The molecule has 0 aliphatic carbocycles. The van der Waals surface area contributed by atoms with E-state index in [9.17, 15) is 0 Å². The van der Waals surface area contributed by atoms with Gasteiger partial charge in [-0.3, -0.25) is 4.98 Å². The van der Waals surface area contributed by atoms with Gasteiger partial charge in [0.2, 0.25) is 0 Å². The average molecular weight is 350 g/mol. The Morgan fingerprint density at radius 3 is 2.59 bits per heavy atom. The number of fused-ring (bicyclic) bond motifs is 2. The monoisotopic (exact) mass is 350 g/mol. The van der Waals surface area contributed by atoms with E-state index in [1.165, 1.54) is 0 Å². The van der Waals surface area contributed by atoms with E-state index >= 15 is 0 Å². The lowest BCUT2D eigenvalue weighted by Crippen LogP contribution is -1.99. The van der Waals surface area contributed by atoms with E-state index in [1.807, 2.05) is 54.6 Å². The molecule has 2 aromatic carbocycles. The maximum Gasteiger partial charge on any atom is 0.162 e. The van der Waals surface area contributed by atoms with Gasteiger partial charge in [-0.15, -0.1) is 0 Å². The van der Waals surface area contributed by atoms with Gasteiger partial charge in [-0.1, -0.05) is 12.1 Å². The lowest BCUT2D eigenvalue weighted by molar-refractivity contribution is 1.21. The number of rotatable bonds is 3. The number of para-hydroxylation sites is 1. The molecule has 3 heterocycles. The molecule has 1 N–H and O–H groups in total. The Morgan fingerprint density at radius 1 is 0.778 bits per heavy atom. The normalized spacial score (nSPS) is 11.0. The minimum absolute atomic E-state index is 0.655. The van der Waals surface area contributed by atoms with Crippen molar-refractivity contribution >= 4 is 33.3 Å². The van der Waals surface area contributed by atoms with Crippen LogP contribution in [0.2, 0.25) is 0 Å². The Kier molecular flexibility index (Phi) is 3.65. The molecule has 27 heavy (non-hydrogen) atoms. The van der Waals surface area contributed by atoms with Crippen LogP contribution in [0.25, 0.3) is 33.2 Å². The summed E-state index contributed by atoms with van der Waals surface area (Å²) in [6.07, 6.45) is 6.83. The van der Waals surface area contributed by atoms with Crippen LogP contribution in [-0.4, -0.2) is 24.9 Å². The van der Waals surface area contributed by atoms with Crippen LogP contribution < -0.4 is 5.32 Å². The van der Waals surface area contributed by atoms with Gasteiger partial charge in [0.1, 0.15) is 12.1 Å². The molecule has 0 amide bonds. The third-order valence-corrected chi connectivity index (χ3v) is 4.31. The van der Waals surface area contributed by atoms with Gasteiger partial charge in [0.25, 0.3) is 0 Å². The number of nitrogens with one attached hydrogen (secondary N) is 1. The highest BCUT2D eigenvalue weighted by Crippen LogP contribution is 2.28. The molecule has 6 heteroatoms. The molecular formula is C21H14N6. The molecule has 0 saturated carbocycles. The topological polar surface area (TPSA) is 76.5 Å². The van der Waals surface area contributed by atoms with E-state index in [4.69, 9.17) is 9.97 Å². The number of hydrogen-bond donors (Lipinski definition) is 1. The van der Waals surface area contributed by atoms with Crippen molar-refractivity contribution in [3.05, 3.63) is 79.5 Å². The molecule has 0 unspecified atom stereocenters. The zero-order valence-corrected chi connectivity index (χ0v) is 14.2. The minimum Gasteiger partial charge on any atom is -0.340 e. The summed E-state index contributed by atoms with van der Waals surface area (Å²) in [5.74, 6) is 1.41. The summed E-state index contributed by atoms with van der Waals surface area (Å²) >= 11 is 0. The second-order valence-electron chi connectivity index (χ2n) is 6.07. The first-order valence-electron chi connectivity index (χ1n) is 8.51. The van der Waals surface area contributed by atoms with Crippen LogP contribution in [0.4, 0.5) is 11.5 Å². The van der Waals surface area contributed by atoms with Crippen LogP contribution in [0.15, 0.2) is 79.5 Å². The highest BCUT2D eigenvalue weighted by Gasteiger charge is 2.10. The molecule has 0 fully saturated rings. The van der Waals surface area contributed by atoms with Crippen molar-refractivity contribution in [2.75, 3.05) is 5.32 Å². The highest BCUT2D eigenvalue weighted by molar-refractivity contribution is 5.93. The van der Waals surface area contributed by atoms with E-state index in [-0.39, 0.29) is 0 Å². The fourth-order valence-corrected chi connectivity index (χ4v) is 3.00. The number of aromatic nitrogens is 5. The fraction of sp³-hybridized carbons (Fsp3) is 0. The standard InChI is InChI=1S/C21H14N6/c1-2-4-19-17(3-1)21(27-20(26-19)14-7-9-22-10-8-14)25-16-5-6-18-15(11-16)12-23-13-24-18/h1-13H,(H,25,26,27). The van der Waals surface area contributed by atoms with E-state index in [2.05, 4.69) is 20.3 Å². The van der Waals surface area contributed by atoms with E-state index in [0.29, 0.717) is 5.82 Å². The quantitative estimate of drug-likeness (QED) is 0.520. The zero-order chi connectivity index (χ0) is 18.1. The van der Waals surface area contributed by atoms with Crippen molar-refractivity contribution in [1.82, 2.24) is 24.9 Å². The molecule has 0 radical (unpaired) electrons. The summed E-state index contributed by atoms with van der Waals surface area (Å²) in [4.78, 5) is 21.9. The Hall–Kier alpha value is -3.93. The Balaban J connectivity index is 1.64. The summed E-state index contributed by atoms with van der Waals surface area (Å²) in [7, 11) is 0. The predicted molar refractivity (Wildman–Crippen MR) is 106 cm³/mol. The number of benzene rings is 2. The van der Waals surface area contributed by atoms with Gasteiger partial charge in [0.05, 0.1) is 11.0 Å². The second-order valence-corrected chi connectivity index (χ2v) is 6.07. The molecule has 0 aliphatic heterocycles. The van der Waals surface area contributed by atoms with Crippen molar-refractivity contribution < 1.29 is 0 Å². The summed E-state index contributed by atoms with van der Waals surface area (Å²) in [5, 5.41) is 5.35. The molecule has 128 valence electrons. The van der Waals surface area contributed by atoms with Crippen molar-refractivity contribution in [2.24, 2.45) is 0 Å². The van der Waals surface area contributed by atoms with Gasteiger partial charge in [0.15, 0.2) is 5.82 Å². The molecule has 3 aromatic heterocycles. The van der Waals surface area contributed by atoms with Crippen molar-refractivity contribution in [2.45, 2.75) is 0 Å². The molecule has 0 saturated heterocycles. The molecule has 5 aromatic rings. The number of anilines is 2. The van der Waals surface area contributed by atoms with Crippen molar-refractivity contribution in [1.29, 1.82) is 0 Å². The maximum absolute atomic E-state index is 4.77. The zero-order valence-electron chi connectivity index (χ0n) is 14.2. The number of pyridine rings is 1. The smallest absolute Gasteiger partial charge is 0.162 e. The Labute approximate surface area is 155 Å². The molecule has 5 rings (SSSR count). The molecule has 0 aliphatic rings. The molecule has 0 bridgehead atoms. The molecular weight excluding hydrogens is 336 g/mol. The summed E-state index contributed by atoms with van der Waals surface area (Å²) in [6, 6.07) is 17.7. The van der Waals surface area contributed by atoms with Gasteiger partial charge < -0.3 is 5.32 Å². The van der Waals surface area contributed by atoms with Gasteiger partial charge in [-0.2, -0.15) is 0 Å². The van der Waals surface area contributed by atoms with Crippen LogP contribution in [0.1, 0.15) is 0 Å². The average Bonchev–Trinajstić information content (AvgIpc) is 2.74. The minimum atomic E-state index is 0.655. The van der Waals surface area contributed by atoms with Gasteiger partial charge >= 0.3 is 0 Å². The fourth-order valence-electron chi connectivity index (χ4n) is 3.00. The molecule has 0 atom stereocenters. The van der Waals surface area contributed by atoms with Crippen LogP contribution in [0.5, 0.6) is 0 Å².